The first-order valence-corrected chi connectivity index (χ1v) is 6.49. The molecule has 2 N–H and O–H groups in total. The molecule has 0 spiro atoms. The van der Waals surface area contributed by atoms with Gasteiger partial charge in [-0.3, -0.25) is 4.79 Å². The number of carbonyl (C=O) groups is 2. The third-order valence-corrected chi connectivity index (χ3v) is 3.16. The number of benzene rings is 1. The average Bonchev–Trinajstić information content (AvgIpc) is 3.02. The number of hydrogen-bond donors (Lipinski definition) is 2. The minimum Gasteiger partial charge on any atom is -0.492 e. The summed E-state index contributed by atoms with van der Waals surface area (Å²) in [4.78, 5) is 22.1. The van der Waals surface area contributed by atoms with Crippen molar-refractivity contribution in [3.63, 3.8) is 0 Å². The number of alkyl halides is 2. The van der Waals surface area contributed by atoms with Gasteiger partial charge in [-0.05, 0) is 18.2 Å². The van der Waals surface area contributed by atoms with E-state index in [1.807, 2.05) is 0 Å². The molecule has 0 radical (unpaired) electrons. The third-order valence-electron chi connectivity index (χ3n) is 3.16. The van der Waals surface area contributed by atoms with E-state index in [0.717, 1.165) is 0 Å². The number of hydrogen-bond acceptors (Lipinski definition) is 3. The van der Waals surface area contributed by atoms with Gasteiger partial charge in [0.1, 0.15) is 12.4 Å². The fourth-order valence-electron chi connectivity index (χ4n) is 1.87. The molecule has 1 atom stereocenters. The number of carboxylic acid groups (broad SMARTS) is 1. The first-order valence-electron chi connectivity index (χ1n) is 6.49. The van der Waals surface area contributed by atoms with E-state index in [1.54, 1.807) is 12.1 Å². The Hall–Kier alpha value is -2.18. The second-order valence-corrected chi connectivity index (χ2v) is 4.90. The number of rotatable bonds is 7. The highest BCUT2D eigenvalue weighted by Crippen LogP contribution is 2.50. The molecule has 1 aliphatic rings. The van der Waals surface area contributed by atoms with Crippen LogP contribution in [0, 0.1) is 5.92 Å². The van der Waals surface area contributed by atoms with E-state index in [2.05, 4.69) is 5.32 Å². The Bertz CT molecular complexity index is 548. The lowest BCUT2D eigenvalue weighted by Gasteiger charge is -2.08. The molecule has 0 unspecified atom stereocenters. The SMILES string of the molecule is O=C(C[C@@H]1CC1(F)F)NCCOc1cccc(C(=O)O)c1. The second kappa shape index (κ2) is 6.07. The number of amides is 1. The maximum Gasteiger partial charge on any atom is 0.335 e. The number of nitrogens with one attached hydrogen (secondary N) is 1. The molecule has 21 heavy (non-hydrogen) atoms. The molecule has 0 aromatic heterocycles. The van der Waals surface area contributed by atoms with Gasteiger partial charge in [0, 0.05) is 18.8 Å². The van der Waals surface area contributed by atoms with Crippen LogP contribution in [0.4, 0.5) is 8.78 Å². The standard InChI is InChI=1S/C14H15F2NO4/c15-14(16)8-10(14)7-12(18)17-4-5-21-11-3-1-2-9(6-11)13(19)20/h1-3,6,10H,4-5,7-8H2,(H,17,18)(H,19,20)/t10-/m1/s1. The summed E-state index contributed by atoms with van der Waals surface area (Å²) in [6.45, 7) is 0.310. The van der Waals surface area contributed by atoms with Crippen LogP contribution in [-0.4, -0.2) is 36.1 Å². The zero-order chi connectivity index (χ0) is 15.5. The molecule has 0 bridgehead atoms. The largest absolute Gasteiger partial charge is 0.492 e. The fraction of sp³-hybridized carbons (Fsp3) is 0.429. The highest BCUT2D eigenvalue weighted by Gasteiger charge is 2.57. The van der Waals surface area contributed by atoms with Crippen molar-refractivity contribution < 1.29 is 28.2 Å². The topological polar surface area (TPSA) is 75.6 Å². The number of carboxylic acids is 1. The van der Waals surface area contributed by atoms with Crippen molar-refractivity contribution in [3.8, 4) is 5.75 Å². The Morgan fingerprint density at radius 2 is 2.14 bits per heavy atom. The monoisotopic (exact) mass is 299 g/mol. The van der Waals surface area contributed by atoms with E-state index >= 15 is 0 Å². The molecule has 114 valence electrons. The van der Waals surface area contributed by atoms with Gasteiger partial charge in [0.05, 0.1) is 12.1 Å². The van der Waals surface area contributed by atoms with Gasteiger partial charge >= 0.3 is 5.97 Å². The molecule has 2 rings (SSSR count). The van der Waals surface area contributed by atoms with Crippen LogP contribution < -0.4 is 10.1 Å². The van der Waals surface area contributed by atoms with E-state index in [9.17, 15) is 18.4 Å². The van der Waals surface area contributed by atoms with Crippen LogP contribution in [-0.2, 0) is 4.79 Å². The highest BCUT2D eigenvalue weighted by atomic mass is 19.3. The van der Waals surface area contributed by atoms with Gasteiger partial charge in [-0.2, -0.15) is 0 Å². The van der Waals surface area contributed by atoms with E-state index in [4.69, 9.17) is 9.84 Å². The third kappa shape index (κ3) is 4.40. The van der Waals surface area contributed by atoms with Gasteiger partial charge in [-0.15, -0.1) is 0 Å². The van der Waals surface area contributed by atoms with Crippen molar-refractivity contribution in [3.05, 3.63) is 29.8 Å². The minimum absolute atomic E-state index is 0.104. The van der Waals surface area contributed by atoms with Gasteiger partial charge in [-0.25, -0.2) is 13.6 Å². The van der Waals surface area contributed by atoms with Crippen molar-refractivity contribution in [1.82, 2.24) is 5.32 Å². The molecule has 1 saturated carbocycles. The lowest BCUT2D eigenvalue weighted by Crippen LogP contribution is -2.28. The summed E-state index contributed by atoms with van der Waals surface area (Å²) in [5.74, 6) is -4.65. The number of halogens is 2. The summed E-state index contributed by atoms with van der Waals surface area (Å²) < 4.78 is 30.5. The molecule has 0 saturated heterocycles. The Kier molecular flexibility index (Phi) is 4.40. The van der Waals surface area contributed by atoms with Crippen molar-refractivity contribution in [2.45, 2.75) is 18.8 Å². The summed E-state index contributed by atoms with van der Waals surface area (Å²) in [6, 6.07) is 5.95. The predicted molar refractivity (Wildman–Crippen MR) is 69.6 cm³/mol. The van der Waals surface area contributed by atoms with Crippen molar-refractivity contribution in [1.29, 1.82) is 0 Å². The van der Waals surface area contributed by atoms with Crippen molar-refractivity contribution in [2.24, 2.45) is 5.92 Å². The van der Waals surface area contributed by atoms with Crippen LogP contribution in [0.2, 0.25) is 0 Å². The lowest BCUT2D eigenvalue weighted by molar-refractivity contribution is -0.122. The molecule has 5 nitrogen and oxygen atoms in total. The van der Waals surface area contributed by atoms with Crippen molar-refractivity contribution >= 4 is 11.9 Å². The summed E-state index contributed by atoms with van der Waals surface area (Å²) in [6.07, 6.45) is -0.402. The molecule has 1 amide bonds. The van der Waals surface area contributed by atoms with E-state index in [-0.39, 0.29) is 31.6 Å². The van der Waals surface area contributed by atoms with Gasteiger partial charge in [0.2, 0.25) is 5.91 Å². The molecule has 1 fully saturated rings. The fourth-order valence-corrected chi connectivity index (χ4v) is 1.87. The molecule has 1 aromatic carbocycles. The van der Waals surface area contributed by atoms with E-state index in [1.165, 1.54) is 12.1 Å². The first-order chi connectivity index (χ1) is 9.88. The van der Waals surface area contributed by atoms with E-state index < -0.39 is 23.7 Å². The molecular formula is C14H15F2NO4. The lowest BCUT2D eigenvalue weighted by atomic mass is 10.2. The first kappa shape index (κ1) is 15.2. The second-order valence-electron chi connectivity index (χ2n) is 4.90. The summed E-state index contributed by atoms with van der Waals surface area (Å²) in [7, 11) is 0. The Morgan fingerprint density at radius 1 is 1.43 bits per heavy atom. The van der Waals surface area contributed by atoms with Crippen LogP contribution in [0.1, 0.15) is 23.2 Å². The molecule has 0 heterocycles. The summed E-state index contributed by atoms with van der Waals surface area (Å²) in [5.41, 5.74) is 0.104. The Balaban J connectivity index is 1.66. The summed E-state index contributed by atoms with van der Waals surface area (Å²) in [5, 5.41) is 11.3. The molecule has 1 aliphatic carbocycles. The highest BCUT2D eigenvalue weighted by molar-refractivity contribution is 5.88. The van der Waals surface area contributed by atoms with Gasteiger partial charge in [0.15, 0.2) is 0 Å². The zero-order valence-electron chi connectivity index (χ0n) is 11.1. The van der Waals surface area contributed by atoms with E-state index in [0.29, 0.717) is 5.75 Å². The molecule has 7 heteroatoms. The van der Waals surface area contributed by atoms with Gasteiger partial charge in [0.25, 0.3) is 5.92 Å². The van der Waals surface area contributed by atoms with Crippen LogP contribution in [0.15, 0.2) is 24.3 Å². The maximum atomic E-state index is 12.6. The Morgan fingerprint density at radius 3 is 2.76 bits per heavy atom. The van der Waals surface area contributed by atoms with Crippen molar-refractivity contribution in [2.75, 3.05) is 13.2 Å². The zero-order valence-corrected chi connectivity index (χ0v) is 11.1. The number of aromatic carboxylic acids is 1. The quantitative estimate of drug-likeness (QED) is 0.754. The van der Waals surface area contributed by atoms with Crippen LogP contribution >= 0.6 is 0 Å². The summed E-state index contributed by atoms with van der Waals surface area (Å²) >= 11 is 0. The van der Waals surface area contributed by atoms with Crippen LogP contribution in [0.5, 0.6) is 5.75 Å². The van der Waals surface area contributed by atoms with Gasteiger partial charge in [-0.1, -0.05) is 6.07 Å². The van der Waals surface area contributed by atoms with Crippen LogP contribution in [0.3, 0.4) is 0 Å². The van der Waals surface area contributed by atoms with Gasteiger partial charge < -0.3 is 15.2 Å². The number of ether oxygens (including phenoxy) is 1. The number of carbonyl (C=O) groups excluding carboxylic acids is 1. The van der Waals surface area contributed by atoms with Crippen LogP contribution in [0.25, 0.3) is 0 Å². The maximum absolute atomic E-state index is 12.6. The minimum atomic E-state index is -2.69. The predicted octanol–water partition coefficient (Wildman–Crippen LogP) is 1.93. The molecular weight excluding hydrogens is 284 g/mol. The molecule has 1 aromatic rings. The Labute approximate surface area is 119 Å². The molecule has 0 aliphatic heterocycles. The average molecular weight is 299 g/mol. The smallest absolute Gasteiger partial charge is 0.335 e. The normalized spacial score (nSPS) is 18.9.